The average molecular weight is 332 g/mol. The Labute approximate surface area is 138 Å². The number of carbonyl (C=O) groups is 2. The molecule has 2 rings (SSSR count). The van der Waals surface area contributed by atoms with Gasteiger partial charge < -0.3 is 15.2 Å². The Bertz CT molecular complexity index is 676. The third-order valence-corrected chi connectivity index (χ3v) is 4.15. The lowest BCUT2D eigenvalue weighted by Crippen LogP contribution is -2.33. The van der Waals surface area contributed by atoms with Crippen molar-refractivity contribution >= 4 is 23.0 Å². The number of aromatic hydroxyl groups is 1. The van der Waals surface area contributed by atoms with Crippen molar-refractivity contribution in [3.8, 4) is 11.8 Å². The van der Waals surface area contributed by atoms with Gasteiger partial charge in [0.1, 0.15) is 5.75 Å². The van der Waals surface area contributed by atoms with Gasteiger partial charge in [0.15, 0.2) is 0 Å². The number of rotatable bonds is 4. The molecule has 7 heteroatoms. The normalized spacial score (nSPS) is 17.4. The zero-order valence-electron chi connectivity index (χ0n) is 12.5. The zero-order valence-corrected chi connectivity index (χ0v) is 13.4. The van der Waals surface area contributed by atoms with E-state index in [1.807, 2.05) is 0 Å². The molecule has 0 aromatic heterocycles. The van der Waals surface area contributed by atoms with E-state index in [-0.39, 0.29) is 36.4 Å². The van der Waals surface area contributed by atoms with Crippen LogP contribution in [0.1, 0.15) is 24.8 Å². The van der Waals surface area contributed by atoms with Crippen LogP contribution in [0.15, 0.2) is 35.5 Å². The maximum atomic E-state index is 11.9. The Balaban J connectivity index is 2.26. The molecule has 1 atom stereocenters. The van der Waals surface area contributed by atoms with E-state index < -0.39 is 5.30 Å². The second kappa shape index (κ2) is 7.70. The Morgan fingerprint density at radius 2 is 2.17 bits per heavy atom. The minimum Gasteiger partial charge on any atom is -0.508 e. The fourth-order valence-corrected chi connectivity index (χ4v) is 3.02. The maximum absolute atomic E-state index is 11.9. The monoisotopic (exact) mass is 332 g/mol. The van der Waals surface area contributed by atoms with Gasteiger partial charge in [0.2, 0.25) is 5.91 Å². The van der Waals surface area contributed by atoms with Gasteiger partial charge in [0.05, 0.1) is 18.2 Å². The summed E-state index contributed by atoms with van der Waals surface area (Å²) in [5.74, 6) is -0.300. The van der Waals surface area contributed by atoms with Gasteiger partial charge in [-0.3, -0.25) is 4.79 Å². The zero-order chi connectivity index (χ0) is 16.8. The lowest BCUT2D eigenvalue weighted by Gasteiger charge is -2.25. The molecule has 1 aromatic carbocycles. The lowest BCUT2D eigenvalue weighted by atomic mass is 9.85. The highest BCUT2D eigenvalue weighted by atomic mass is 32.2. The first kappa shape index (κ1) is 16.9. The van der Waals surface area contributed by atoms with Crippen molar-refractivity contribution in [2.75, 3.05) is 12.4 Å². The second-order valence-corrected chi connectivity index (χ2v) is 5.78. The first-order valence-electron chi connectivity index (χ1n) is 7.06. The van der Waals surface area contributed by atoms with Gasteiger partial charge in [0, 0.05) is 23.8 Å². The molecule has 0 radical (unpaired) electrons. The van der Waals surface area contributed by atoms with Gasteiger partial charge >= 0.3 is 5.30 Å². The molecule has 120 valence electrons. The number of nitriles is 1. The molecule has 1 aromatic rings. The summed E-state index contributed by atoms with van der Waals surface area (Å²) in [5.41, 5.74) is 1.62. The molecule has 1 heterocycles. The highest BCUT2D eigenvalue weighted by Gasteiger charge is 2.29. The summed E-state index contributed by atoms with van der Waals surface area (Å²) in [6.45, 7) is 1.99. The number of phenolic OH excluding ortho intramolecular Hbond substituents is 1. The van der Waals surface area contributed by atoms with Crippen LogP contribution in [0.5, 0.6) is 5.75 Å². The molecule has 6 nitrogen and oxygen atoms in total. The van der Waals surface area contributed by atoms with Crippen LogP contribution in [0, 0.1) is 11.3 Å². The van der Waals surface area contributed by atoms with Crippen LogP contribution in [0.4, 0.5) is 4.79 Å². The molecule has 1 amide bonds. The Morgan fingerprint density at radius 1 is 1.48 bits per heavy atom. The van der Waals surface area contributed by atoms with Crippen LogP contribution in [0.2, 0.25) is 0 Å². The quantitative estimate of drug-likeness (QED) is 0.822. The molecule has 1 aliphatic heterocycles. The SMILES string of the molecule is CCOC(=O)SCC1=C(C#N)C(c2ccc(O)cc2)CC(=O)N1. The van der Waals surface area contributed by atoms with Gasteiger partial charge in [0.25, 0.3) is 0 Å². The number of allylic oxidation sites excluding steroid dienone is 1. The largest absolute Gasteiger partial charge is 0.508 e. The van der Waals surface area contributed by atoms with E-state index in [4.69, 9.17) is 4.74 Å². The number of nitrogens with one attached hydrogen (secondary N) is 1. The van der Waals surface area contributed by atoms with Crippen molar-refractivity contribution in [3.63, 3.8) is 0 Å². The smallest absolute Gasteiger partial charge is 0.367 e. The standard InChI is InChI=1S/C16H16N2O4S/c1-2-22-16(21)23-9-14-13(8-17)12(7-15(20)18-14)10-3-5-11(19)6-4-10/h3-6,12,19H,2,7,9H2,1H3,(H,18,20). The Kier molecular flexibility index (Phi) is 5.66. The van der Waals surface area contributed by atoms with Crippen LogP contribution in [-0.4, -0.2) is 28.7 Å². The lowest BCUT2D eigenvalue weighted by molar-refractivity contribution is -0.121. The minimum atomic E-state index is -0.446. The highest BCUT2D eigenvalue weighted by molar-refractivity contribution is 8.13. The fourth-order valence-electron chi connectivity index (χ4n) is 2.33. The Hall–Kier alpha value is -2.46. The first-order valence-corrected chi connectivity index (χ1v) is 8.05. The summed E-state index contributed by atoms with van der Waals surface area (Å²) in [7, 11) is 0. The Morgan fingerprint density at radius 3 is 2.78 bits per heavy atom. The van der Waals surface area contributed by atoms with Gasteiger partial charge in [-0.15, -0.1) is 0 Å². The number of phenols is 1. The van der Waals surface area contributed by atoms with Crippen LogP contribution in [-0.2, 0) is 9.53 Å². The molecule has 0 bridgehead atoms. The van der Waals surface area contributed by atoms with E-state index >= 15 is 0 Å². The van der Waals surface area contributed by atoms with Crippen LogP contribution >= 0.6 is 11.8 Å². The molecule has 0 aliphatic carbocycles. The van der Waals surface area contributed by atoms with E-state index in [0.717, 1.165) is 17.3 Å². The number of carbonyl (C=O) groups excluding carboxylic acids is 2. The summed E-state index contributed by atoms with van der Waals surface area (Å²) in [6.07, 6.45) is 0.154. The van der Waals surface area contributed by atoms with Gasteiger partial charge in [-0.1, -0.05) is 12.1 Å². The number of hydrogen-bond donors (Lipinski definition) is 2. The van der Waals surface area contributed by atoms with Crippen molar-refractivity contribution in [3.05, 3.63) is 41.1 Å². The van der Waals surface area contributed by atoms with E-state index in [9.17, 15) is 20.0 Å². The van der Waals surface area contributed by atoms with Crippen molar-refractivity contribution in [1.82, 2.24) is 5.32 Å². The number of thioether (sulfide) groups is 1. The van der Waals surface area contributed by atoms with Gasteiger partial charge in [-0.05, 0) is 36.4 Å². The van der Waals surface area contributed by atoms with Crippen molar-refractivity contribution in [1.29, 1.82) is 5.26 Å². The molecular weight excluding hydrogens is 316 g/mol. The summed E-state index contributed by atoms with van der Waals surface area (Å²) in [5, 5.41) is 21.1. The van der Waals surface area contributed by atoms with E-state index in [0.29, 0.717) is 11.3 Å². The third kappa shape index (κ3) is 4.27. The fraction of sp³-hybridized carbons (Fsp3) is 0.312. The summed E-state index contributed by atoms with van der Waals surface area (Å²) < 4.78 is 4.83. The van der Waals surface area contributed by atoms with Gasteiger partial charge in [-0.25, -0.2) is 4.79 Å². The molecule has 1 unspecified atom stereocenters. The second-order valence-electron chi connectivity index (χ2n) is 4.87. The summed E-state index contributed by atoms with van der Waals surface area (Å²) in [6, 6.07) is 8.54. The van der Waals surface area contributed by atoms with E-state index in [2.05, 4.69) is 11.4 Å². The molecule has 0 fully saturated rings. The number of nitrogens with zero attached hydrogens (tertiary/aromatic N) is 1. The third-order valence-electron chi connectivity index (χ3n) is 3.37. The average Bonchev–Trinajstić information content (AvgIpc) is 2.53. The maximum Gasteiger partial charge on any atom is 0.367 e. The van der Waals surface area contributed by atoms with Crippen LogP contribution < -0.4 is 5.32 Å². The molecule has 0 saturated carbocycles. The number of hydrogen-bond acceptors (Lipinski definition) is 6. The molecule has 0 saturated heterocycles. The van der Waals surface area contributed by atoms with Crippen molar-refractivity contribution in [2.24, 2.45) is 0 Å². The van der Waals surface area contributed by atoms with E-state index in [1.165, 1.54) is 12.1 Å². The summed E-state index contributed by atoms with van der Waals surface area (Å²) >= 11 is 0.904. The number of amides is 1. The van der Waals surface area contributed by atoms with Crippen molar-refractivity contribution < 1.29 is 19.4 Å². The molecule has 1 aliphatic rings. The number of benzene rings is 1. The first-order chi connectivity index (χ1) is 11.0. The molecule has 2 N–H and O–H groups in total. The van der Waals surface area contributed by atoms with Crippen molar-refractivity contribution in [2.45, 2.75) is 19.3 Å². The van der Waals surface area contributed by atoms with Gasteiger partial charge in [-0.2, -0.15) is 5.26 Å². The molecular formula is C16H16N2O4S. The predicted molar refractivity (Wildman–Crippen MR) is 85.7 cm³/mol. The topological polar surface area (TPSA) is 99.4 Å². The van der Waals surface area contributed by atoms with E-state index in [1.54, 1.807) is 19.1 Å². The number of ether oxygens (including phenoxy) is 1. The molecule has 0 spiro atoms. The highest BCUT2D eigenvalue weighted by Crippen LogP contribution is 2.34. The van der Waals surface area contributed by atoms with Crippen LogP contribution in [0.3, 0.4) is 0 Å². The van der Waals surface area contributed by atoms with Crippen LogP contribution in [0.25, 0.3) is 0 Å². The molecule has 23 heavy (non-hydrogen) atoms. The summed E-state index contributed by atoms with van der Waals surface area (Å²) in [4.78, 5) is 23.4. The predicted octanol–water partition coefficient (Wildman–Crippen LogP) is 2.66. The minimum absolute atomic E-state index is 0.120.